The predicted octanol–water partition coefficient (Wildman–Crippen LogP) is 3.99. The fourth-order valence-electron chi connectivity index (χ4n) is 3.32. The summed E-state index contributed by atoms with van der Waals surface area (Å²) in [6.07, 6.45) is 0.973. The Morgan fingerprint density at radius 3 is 2.96 bits per heavy atom. The summed E-state index contributed by atoms with van der Waals surface area (Å²) in [6.45, 7) is 5.14. The van der Waals surface area contributed by atoms with Gasteiger partial charge in [-0.2, -0.15) is 0 Å². The van der Waals surface area contributed by atoms with E-state index in [9.17, 15) is 4.79 Å². The molecule has 1 aliphatic rings. The molecule has 136 valence electrons. The Morgan fingerprint density at radius 2 is 2.19 bits per heavy atom. The van der Waals surface area contributed by atoms with Crippen molar-refractivity contribution in [2.24, 2.45) is 0 Å². The van der Waals surface area contributed by atoms with E-state index >= 15 is 0 Å². The SMILES string of the molecule is COCCN1CCc2c(sc(NC(C)=O)c2-c2nc3ccccc3s2)C1. The molecule has 1 N–H and O–H groups in total. The number of ether oxygens (including phenoxy) is 1. The molecule has 1 amide bonds. The normalized spacial score (nSPS) is 14.5. The first kappa shape index (κ1) is 17.6. The van der Waals surface area contributed by atoms with E-state index in [-0.39, 0.29) is 5.91 Å². The summed E-state index contributed by atoms with van der Waals surface area (Å²) in [5.74, 6) is -0.0396. The molecule has 0 saturated carbocycles. The lowest BCUT2D eigenvalue weighted by molar-refractivity contribution is -0.114. The Bertz CT molecular complexity index is 915. The van der Waals surface area contributed by atoms with Crippen LogP contribution in [0.2, 0.25) is 0 Å². The largest absolute Gasteiger partial charge is 0.383 e. The van der Waals surface area contributed by atoms with Gasteiger partial charge >= 0.3 is 0 Å². The van der Waals surface area contributed by atoms with Crippen molar-refractivity contribution in [3.63, 3.8) is 0 Å². The Kier molecular flexibility index (Phi) is 5.04. The molecule has 7 heteroatoms. The van der Waals surface area contributed by atoms with Gasteiger partial charge in [-0.1, -0.05) is 12.1 Å². The maximum absolute atomic E-state index is 11.7. The van der Waals surface area contributed by atoms with Crippen molar-refractivity contribution in [2.45, 2.75) is 19.9 Å². The molecule has 0 aliphatic carbocycles. The summed E-state index contributed by atoms with van der Waals surface area (Å²) in [5.41, 5.74) is 3.47. The second kappa shape index (κ2) is 7.44. The van der Waals surface area contributed by atoms with Crippen molar-refractivity contribution in [1.29, 1.82) is 0 Å². The van der Waals surface area contributed by atoms with E-state index in [1.165, 1.54) is 15.1 Å². The number of thiazole rings is 1. The van der Waals surface area contributed by atoms with Gasteiger partial charge in [-0.05, 0) is 24.1 Å². The number of hydrogen-bond donors (Lipinski definition) is 1. The number of carbonyl (C=O) groups is 1. The van der Waals surface area contributed by atoms with Gasteiger partial charge in [-0.25, -0.2) is 4.98 Å². The van der Waals surface area contributed by atoms with E-state index in [4.69, 9.17) is 9.72 Å². The molecule has 2 aromatic heterocycles. The smallest absolute Gasteiger partial charge is 0.221 e. The Labute approximate surface area is 160 Å². The molecular formula is C19H21N3O2S2. The summed E-state index contributed by atoms with van der Waals surface area (Å²) in [6, 6.07) is 8.19. The second-order valence-corrected chi connectivity index (χ2v) is 8.53. The highest BCUT2D eigenvalue weighted by Gasteiger charge is 2.27. The van der Waals surface area contributed by atoms with Crippen molar-refractivity contribution < 1.29 is 9.53 Å². The zero-order valence-corrected chi connectivity index (χ0v) is 16.5. The maximum atomic E-state index is 11.7. The Morgan fingerprint density at radius 1 is 1.35 bits per heavy atom. The van der Waals surface area contributed by atoms with Gasteiger partial charge in [0.2, 0.25) is 5.91 Å². The number of benzene rings is 1. The van der Waals surface area contributed by atoms with Crippen LogP contribution in [0.4, 0.5) is 5.00 Å². The number of nitrogens with one attached hydrogen (secondary N) is 1. The molecule has 1 aromatic carbocycles. The third-order valence-corrected chi connectivity index (χ3v) is 6.73. The van der Waals surface area contributed by atoms with E-state index in [2.05, 4.69) is 16.3 Å². The van der Waals surface area contributed by atoms with E-state index in [0.717, 1.165) is 53.8 Å². The molecule has 0 bridgehead atoms. The van der Waals surface area contributed by atoms with Crippen molar-refractivity contribution in [1.82, 2.24) is 9.88 Å². The minimum atomic E-state index is -0.0396. The highest BCUT2D eigenvalue weighted by atomic mass is 32.1. The maximum Gasteiger partial charge on any atom is 0.221 e. The molecule has 26 heavy (non-hydrogen) atoms. The Hall–Kier alpha value is -1.80. The topological polar surface area (TPSA) is 54.5 Å². The molecule has 3 heterocycles. The average Bonchev–Trinajstić information content (AvgIpc) is 3.19. The lowest BCUT2D eigenvalue weighted by Gasteiger charge is -2.26. The zero-order valence-electron chi connectivity index (χ0n) is 14.9. The van der Waals surface area contributed by atoms with Gasteiger partial charge in [-0.15, -0.1) is 22.7 Å². The van der Waals surface area contributed by atoms with Gasteiger partial charge in [0.05, 0.1) is 16.8 Å². The first-order valence-electron chi connectivity index (χ1n) is 8.65. The minimum Gasteiger partial charge on any atom is -0.383 e. The van der Waals surface area contributed by atoms with Crippen molar-refractivity contribution in [3.05, 3.63) is 34.7 Å². The van der Waals surface area contributed by atoms with Crippen LogP contribution in [-0.4, -0.2) is 42.6 Å². The number of amides is 1. The number of thiophene rings is 1. The predicted molar refractivity (Wildman–Crippen MR) is 108 cm³/mol. The molecule has 4 rings (SSSR count). The molecule has 3 aromatic rings. The molecule has 0 radical (unpaired) electrons. The van der Waals surface area contributed by atoms with Crippen LogP contribution < -0.4 is 5.32 Å². The molecule has 1 aliphatic heterocycles. The molecule has 0 saturated heterocycles. The molecule has 0 fully saturated rings. The van der Waals surface area contributed by atoms with Crippen LogP contribution in [0.15, 0.2) is 24.3 Å². The number of para-hydroxylation sites is 1. The molecule has 0 atom stereocenters. The molecule has 5 nitrogen and oxygen atoms in total. The van der Waals surface area contributed by atoms with Gasteiger partial charge in [-0.3, -0.25) is 9.69 Å². The Balaban J connectivity index is 1.75. The van der Waals surface area contributed by atoms with E-state index < -0.39 is 0 Å². The van der Waals surface area contributed by atoms with Crippen LogP contribution in [-0.2, 0) is 22.5 Å². The van der Waals surface area contributed by atoms with Crippen molar-refractivity contribution >= 4 is 43.8 Å². The summed E-state index contributed by atoms with van der Waals surface area (Å²) >= 11 is 3.38. The number of nitrogens with zero attached hydrogens (tertiary/aromatic N) is 2. The lowest BCUT2D eigenvalue weighted by atomic mass is 10.0. The molecular weight excluding hydrogens is 366 g/mol. The van der Waals surface area contributed by atoms with Gasteiger partial charge in [0.1, 0.15) is 10.0 Å². The van der Waals surface area contributed by atoms with Crippen molar-refractivity contribution in [2.75, 3.05) is 32.1 Å². The standard InChI is InChI=1S/C19H21N3O2S2/c1-12(23)20-18-17(19-21-14-5-3-4-6-15(14)25-19)13-7-8-22(9-10-24-2)11-16(13)26-18/h3-6H,7-11H2,1-2H3,(H,20,23). The average molecular weight is 388 g/mol. The number of rotatable bonds is 5. The van der Waals surface area contributed by atoms with Crippen LogP contribution in [0, 0.1) is 0 Å². The second-order valence-electron chi connectivity index (χ2n) is 6.39. The fourth-order valence-corrected chi connectivity index (χ4v) is 5.77. The van der Waals surface area contributed by atoms with E-state index in [0.29, 0.717) is 0 Å². The summed E-state index contributed by atoms with van der Waals surface area (Å²) < 4.78 is 6.39. The number of hydrogen-bond acceptors (Lipinski definition) is 6. The van der Waals surface area contributed by atoms with E-state index in [1.807, 2.05) is 18.2 Å². The molecule has 0 unspecified atom stereocenters. The van der Waals surface area contributed by atoms with Crippen LogP contribution >= 0.6 is 22.7 Å². The third-order valence-electron chi connectivity index (χ3n) is 4.54. The molecule has 0 spiro atoms. The minimum absolute atomic E-state index is 0.0396. The first-order chi connectivity index (χ1) is 12.7. The number of methoxy groups -OCH3 is 1. The number of carbonyl (C=O) groups excluding carboxylic acids is 1. The number of aromatic nitrogens is 1. The van der Waals surface area contributed by atoms with Gasteiger partial charge < -0.3 is 10.1 Å². The van der Waals surface area contributed by atoms with Crippen LogP contribution in [0.1, 0.15) is 17.4 Å². The summed E-state index contributed by atoms with van der Waals surface area (Å²) in [7, 11) is 1.74. The quantitative estimate of drug-likeness (QED) is 0.719. The van der Waals surface area contributed by atoms with Crippen LogP contribution in [0.3, 0.4) is 0 Å². The van der Waals surface area contributed by atoms with Crippen molar-refractivity contribution in [3.8, 4) is 10.6 Å². The highest BCUT2D eigenvalue weighted by Crippen LogP contribution is 2.45. The lowest BCUT2D eigenvalue weighted by Crippen LogP contribution is -2.32. The van der Waals surface area contributed by atoms with Gasteiger partial charge in [0.25, 0.3) is 0 Å². The number of fused-ring (bicyclic) bond motifs is 2. The summed E-state index contributed by atoms with van der Waals surface area (Å²) in [4.78, 5) is 20.3. The van der Waals surface area contributed by atoms with Crippen LogP contribution in [0.5, 0.6) is 0 Å². The van der Waals surface area contributed by atoms with E-state index in [1.54, 1.807) is 36.7 Å². The third kappa shape index (κ3) is 3.40. The van der Waals surface area contributed by atoms with Gasteiger partial charge in [0, 0.05) is 44.1 Å². The van der Waals surface area contributed by atoms with Crippen LogP contribution in [0.25, 0.3) is 20.8 Å². The first-order valence-corrected chi connectivity index (χ1v) is 10.3. The summed E-state index contributed by atoms with van der Waals surface area (Å²) in [5, 5.41) is 4.96. The fraction of sp³-hybridized carbons (Fsp3) is 0.368. The number of anilines is 1. The monoisotopic (exact) mass is 387 g/mol. The van der Waals surface area contributed by atoms with Gasteiger partial charge in [0.15, 0.2) is 0 Å². The zero-order chi connectivity index (χ0) is 18.1. The highest BCUT2D eigenvalue weighted by molar-refractivity contribution is 7.22.